The summed E-state index contributed by atoms with van der Waals surface area (Å²) in [5.74, 6) is 2.48. The Balaban J connectivity index is 0.927. The van der Waals surface area contributed by atoms with Crippen molar-refractivity contribution < 1.29 is 13.8 Å². The highest BCUT2D eigenvalue weighted by molar-refractivity contribution is 6.84. The van der Waals surface area contributed by atoms with Gasteiger partial charge in [0.25, 0.3) is 0 Å². The summed E-state index contributed by atoms with van der Waals surface area (Å²) in [6.45, 7) is -0.303. The van der Waals surface area contributed by atoms with Crippen molar-refractivity contribution in [3.05, 3.63) is 194 Å². The van der Waals surface area contributed by atoms with Crippen LogP contribution in [0.25, 0.3) is 93.9 Å². The SMILES string of the molecule is c1cc(-c2cc3c4c(c2)-c2ccccc2OB4c2ccc(-c4cccc(-n5c6ccccc6c6ccccc65)c4)cc2O3)cc(-c2cccc3c2oc2ccccc23)c1. The molecule has 0 radical (unpaired) electrons. The molecule has 4 nitrogen and oxygen atoms in total. The first-order chi connectivity index (χ1) is 29.2. The maximum atomic E-state index is 6.99. The molecule has 11 aromatic rings. The van der Waals surface area contributed by atoms with Crippen LogP contribution in [0.4, 0.5) is 0 Å². The van der Waals surface area contributed by atoms with Crippen LogP contribution >= 0.6 is 0 Å². The Kier molecular flexibility index (Phi) is 6.78. The van der Waals surface area contributed by atoms with E-state index in [1.54, 1.807) is 0 Å². The second-order valence-electron chi connectivity index (χ2n) is 15.6. The Morgan fingerprint density at radius 3 is 1.90 bits per heavy atom. The lowest BCUT2D eigenvalue weighted by molar-refractivity contribution is 0.480. The molecule has 13 rings (SSSR count). The highest BCUT2D eigenvalue weighted by Gasteiger charge is 2.41. The van der Waals surface area contributed by atoms with Crippen LogP contribution < -0.4 is 20.3 Å². The van der Waals surface area contributed by atoms with E-state index >= 15 is 0 Å². The number of benzene rings is 9. The topological polar surface area (TPSA) is 36.5 Å². The second-order valence-corrected chi connectivity index (χ2v) is 15.6. The van der Waals surface area contributed by atoms with Gasteiger partial charge in [0.15, 0.2) is 0 Å². The Morgan fingerprint density at radius 2 is 1.03 bits per heavy atom. The van der Waals surface area contributed by atoms with Gasteiger partial charge in [-0.1, -0.05) is 133 Å². The molecule has 2 aromatic heterocycles. The minimum atomic E-state index is -0.303. The number of aromatic nitrogens is 1. The van der Waals surface area contributed by atoms with Crippen molar-refractivity contribution in [2.75, 3.05) is 0 Å². The van der Waals surface area contributed by atoms with Gasteiger partial charge in [0.2, 0.25) is 0 Å². The van der Waals surface area contributed by atoms with Crippen LogP contribution in [0.15, 0.2) is 199 Å². The third-order valence-corrected chi connectivity index (χ3v) is 12.3. The van der Waals surface area contributed by atoms with E-state index in [-0.39, 0.29) is 6.92 Å². The van der Waals surface area contributed by atoms with Gasteiger partial charge in [0.1, 0.15) is 28.4 Å². The molecule has 0 aliphatic carbocycles. The van der Waals surface area contributed by atoms with E-state index in [0.29, 0.717) is 0 Å². The van der Waals surface area contributed by atoms with Crippen molar-refractivity contribution in [2.24, 2.45) is 0 Å². The van der Waals surface area contributed by atoms with Crippen molar-refractivity contribution in [3.8, 4) is 67.4 Å². The van der Waals surface area contributed by atoms with Gasteiger partial charge in [0.05, 0.1) is 11.0 Å². The van der Waals surface area contributed by atoms with E-state index in [4.69, 9.17) is 13.8 Å². The Bertz CT molecular complexity index is 3490. The number of hydrogen-bond donors (Lipinski definition) is 0. The predicted octanol–water partition coefficient (Wildman–Crippen LogP) is 13.0. The highest BCUT2D eigenvalue weighted by atomic mass is 16.5. The number of ether oxygens (including phenoxy) is 1. The summed E-state index contributed by atoms with van der Waals surface area (Å²) in [5, 5.41) is 4.74. The van der Waals surface area contributed by atoms with Gasteiger partial charge in [-0.25, -0.2) is 0 Å². The molecule has 0 fully saturated rings. The monoisotopic (exact) mass is 753 g/mol. The maximum absolute atomic E-state index is 6.99. The molecule has 0 unspecified atom stereocenters. The zero-order valence-electron chi connectivity index (χ0n) is 31.7. The average molecular weight is 754 g/mol. The van der Waals surface area contributed by atoms with Gasteiger partial charge < -0.3 is 18.4 Å². The van der Waals surface area contributed by atoms with Gasteiger partial charge in [-0.2, -0.15) is 0 Å². The van der Waals surface area contributed by atoms with E-state index in [1.807, 2.05) is 18.2 Å². The van der Waals surface area contributed by atoms with Crippen LogP contribution in [-0.4, -0.2) is 11.5 Å². The summed E-state index contributed by atoms with van der Waals surface area (Å²) in [5.41, 5.74) is 16.1. The van der Waals surface area contributed by atoms with Gasteiger partial charge in [-0.3, -0.25) is 0 Å². The lowest BCUT2D eigenvalue weighted by Gasteiger charge is -2.33. The molecule has 2 aliphatic heterocycles. The molecular formula is C54H32BNO3. The van der Waals surface area contributed by atoms with E-state index in [9.17, 15) is 0 Å². The molecule has 59 heavy (non-hydrogen) atoms. The lowest BCUT2D eigenvalue weighted by atomic mass is 9.50. The van der Waals surface area contributed by atoms with Crippen LogP contribution in [0.2, 0.25) is 0 Å². The van der Waals surface area contributed by atoms with Crippen LogP contribution in [0.3, 0.4) is 0 Å². The standard InChI is InChI=1S/C54H32BNO3/c1-5-22-47-40(16-1)41-17-2-6-23-48(41)56(47)38-15-10-13-34(29-38)35-26-27-46-51(31-35)57-52-32-37(30-45-43-19-4-8-25-50(43)59-55(46)53(45)52)33-12-9-14-36(28-33)39-20-11-21-44-42-18-3-7-24-49(42)58-54(39)44/h1-32H. The Morgan fingerprint density at radius 1 is 0.390 bits per heavy atom. The highest BCUT2D eigenvalue weighted by Crippen LogP contribution is 2.43. The number of nitrogens with zero attached hydrogens (tertiary/aromatic N) is 1. The Hall–Kier alpha value is -7.76. The van der Waals surface area contributed by atoms with Crippen molar-refractivity contribution in [2.45, 2.75) is 0 Å². The fourth-order valence-electron chi connectivity index (χ4n) is 9.57. The summed E-state index contributed by atoms with van der Waals surface area (Å²) in [7, 11) is 0. The average Bonchev–Trinajstić information content (AvgIpc) is 3.85. The summed E-state index contributed by atoms with van der Waals surface area (Å²) < 4.78 is 22.7. The molecule has 2 aliphatic rings. The minimum absolute atomic E-state index is 0.303. The summed E-state index contributed by atoms with van der Waals surface area (Å²) in [6.07, 6.45) is 0. The van der Waals surface area contributed by atoms with Crippen molar-refractivity contribution in [3.63, 3.8) is 0 Å². The minimum Gasteiger partial charge on any atom is -0.551 e. The normalized spacial score (nSPS) is 12.6. The number of fused-ring (bicyclic) bond motifs is 10. The molecule has 0 amide bonds. The molecular weight excluding hydrogens is 721 g/mol. The summed E-state index contributed by atoms with van der Waals surface area (Å²) >= 11 is 0. The third-order valence-electron chi connectivity index (χ3n) is 12.3. The van der Waals surface area contributed by atoms with Crippen LogP contribution in [-0.2, 0) is 0 Å². The largest absolute Gasteiger partial charge is 0.551 e. The third kappa shape index (κ3) is 4.85. The van der Waals surface area contributed by atoms with Gasteiger partial charge in [-0.15, -0.1) is 0 Å². The fraction of sp³-hybridized carbons (Fsp3) is 0. The first-order valence-electron chi connectivity index (χ1n) is 20.1. The molecule has 9 aromatic carbocycles. The first kappa shape index (κ1) is 32.3. The van der Waals surface area contributed by atoms with Crippen molar-refractivity contribution >= 4 is 61.6 Å². The van der Waals surface area contributed by atoms with Crippen molar-refractivity contribution in [1.29, 1.82) is 0 Å². The second kappa shape index (κ2) is 12.4. The van der Waals surface area contributed by atoms with E-state index in [1.165, 1.54) is 21.8 Å². The first-order valence-corrected chi connectivity index (χ1v) is 20.1. The molecule has 274 valence electrons. The van der Waals surface area contributed by atoms with E-state index < -0.39 is 0 Å². The van der Waals surface area contributed by atoms with E-state index in [0.717, 1.165) is 100 Å². The molecule has 0 bridgehead atoms. The van der Waals surface area contributed by atoms with Gasteiger partial charge in [-0.05, 0) is 94.0 Å². The summed E-state index contributed by atoms with van der Waals surface area (Å²) in [4.78, 5) is 0. The number of rotatable bonds is 4. The fourth-order valence-corrected chi connectivity index (χ4v) is 9.57. The zero-order valence-corrected chi connectivity index (χ0v) is 31.7. The number of furan rings is 1. The smallest absolute Gasteiger partial charge is 0.434 e. The van der Waals surface area contributed by atoms with Gasteiger partial charge in [0, 0.05) is 49.3 Å². The van der Waals surface area contributed by atoms with Crippen molar-refractivity contribution in [1.82, 2.24) is 4.57 Å². The number of hydrogen-bond acceptors (Lipinski definition) is 3. The molecule has 0 atom stereocenters. The van der Waals surface area contributed by atoms with Gasteiger partial charge >= 0.3 is 6.92 Å². The number of para-hydroxylation sites is 5. The zero-order chi connectivity index (χ0) is 38.6. The maximum Gasteiger partial charge on any atom is 0.434 e. The van der Waals surface area contributed by atoms with E-state index in [2.05, 4.69) is 180 Å². The molecule has 0 N–H and O–H groups in total. The van der Waals surface area contributed by atoms with Crippen LogP contribution in [0, 0.1) is 0 Å². The molecule has 0 saturated carbocycles. The quantitative estimate of drug-likeness (QED) is 0.168. The van der Waals surface area contributed by atoms with Crippen LogP contribution in [0.5, 0.6) is 17.2 Å². The Labute approximate surface area is 340 Å². The molecule has 0 spiro atoms. The molecule has 0 saturated heterocycles. The predicted molar refractivity (Wildman–Crippen MR) is 242 cm³/mol. The lowest BCUT2D eigenvalue weighted by Crippen LogP contribution is -2.53. The molecule has 5 heteroatoms. The summed E-state index contributed by atoms with van der Waals surface area (Å²) in [6, 6.07) is 68.8. The molecule has 4 heterocycles. The van der Waals surface area contributed by atoms with Crippen LogP contribution in [0.1, 0.15) is 0 Å².